The molecule has 5 aliphatic rings. The molecule has 3 heteroatoms. The lowest BCUT2D eigenvalue weighted by molar-refractivity contribution is -0.128. The Bertz CT molecular complexity index is 754. The van der Waals surface area contributed by atoms with E-state index >= 15 is 0 Å². The molecular formula is C22H27NO2. The maximum Gasteiger partial charge on any atom is 0.137 e. The van der Waals surface area contributed by atoms with Crippen LogP contribution in [0.3, 0.4) is 0 Å². The fourth-order valence-corrected chi connectivity index (χ4v) is 6.67. The van der Waals surface area contributed by atoms with Crippen LogP contribution in [0, 0.1) is 23.7 Å². The Kier molecular flexibility index (Phi) is 2.88. The first-order valence-electron chi connectivity index (χ1n) is 10.1. The monoisotopic (exact) mass is 337 g/mol. The van der Waals surface area contributed by atoms with Gasteiger partial charge in [-0.15, -0.1) is 0 Å². The number of fused-ring (bicyclic) bond motifs is 2. The van der Waals surface area contributed by atoms with Crippen LogP contribution in [0.5, 0.6) is 5.75 Å². The van der Waals surface area contributed by atoms with Crippen LogP contribution in [0.1, 0.15) is 43.2 Å². The summed E-state index contributed by atoms with van der Waals surface area (Å²) in [4.78, 5) is 15.6. The first-order valence-corrected chi connectivity index (χ1v) is 10.1. The molecule has 0 radical (unpaired) electrons. The van der Waals surface area contributed by atoms with Crippen molar-refractivity contribution >= 4 is 5.78 Å². The van der Waals surface area contributed by atoms with Gasteiger partial charge in [0, 0.05) is 30.3 Å². The molecule has 0 spiro atoms. The molecule has 3 saturated carbocycles. The number of methoxy groups -OCH3 is 1. The van der Waals surface area contributed by atoms with Gasteiger partial charge in [-0.25, -0.2) is 0 Å². The molecular weight excluding hydrogens is 310 g/mol. The summed E-state index contributed by atoms with van der Waals surface area (Å²) >= 11 is 0. The quantitative estimate of drug-likeness (QED) is 0.848. The maximum atomic E-state index is 12.8. The third kappa shape index (κ3) is 1.99. The minimum Gasteiger partial charge on any atom is -0.497 e. The molecule has 3 unspecified atom stereocenters. The molecule has 3 nitrogen and oxygen atoms in total. The van der Waals surface area contributed by atoms with E-state index in [0.29, 0.717) is 29.6 Å². The number of rotatable bonds is 3. The van der Waals surface area contributed by atoms with E-state index in [1.807, 2.05) is 0 Å². The average Bonchev–Trinajstić information content (AvgIpc) is 3.51. The van der Waals surface area contributed by atoms with Crippen molar-refractivity contribution in [1.82, 2.24) is 4.90 Å². The minimum atomic E-state index is 0.0988. The summed E-state index contributed by atoms with van der Waals surface area (Å²) in [5.74, 6) is 4.20. The number of hydrogen-bond donors (Lipinski definition) is 0. The summed E-state index contributed by atoms with van der Waals surface area (Å²) in [6.45, 7) is 2.48. The van der Waals surface area contributed by atoms with Gasteiger partial charge in [-0.2, -0.15) is 0 Å². The fraction of sp³-hybridized carbons (Fsp3) is 0.682. The number of likely N-dealkylation sites (tertiary alicyclic amines) is 1. The number of piperidine rings is 1. The van der Waals surface area contributed by atoms with Crippen molar-refractivity contribution in [3.8, 4) is 5.75 Å². The maximum absolute atomic E-state index is 12.8. The molecule has 6 rings (SSSR count). The Hall–Kier alpha value is -1.35. The third-order valence-corrected chi connectivity index (χ3v) is 8.04. The zero-order valence-electron chi connectivity index (χ0n) is 15.0. The molecule has 5 atom stereocenters. The highest BCUT2D eigenvalue weighted by Gasteiger charge is 2.66. The number of nitrogens with zero attached hydrogens (tertiary/aromatic N) is 1. The van der Waals surface area contributed by atoms with E-state index in [4.69, 9.17) is 4.74 Å². The highest BCUT2D eigenvalue weighted by molar-refractivity contribution is 5.87. The molecule has 2 bridgehead atoms. The third-order valence-electron chi connectivity index (χ3n) is 8.04. The Morgan fingerprint density at radius 3 is 3.00 bits per heavy atom. The summed E-state index contributed by atoms with van der Waals surface area (Å²) in [6, 6.07) is 7.33. The van der Waals surface area contributed by atoms with Crippen molar-refractivity contribution in [2.45, 2.75) is 50.0 Å². The normalized spacial score (nSPS) is 41.6. The predicted molar refractivity (Wildman–Crippen MR) is 95.8 cm³/mol. The second kappa shape index (κ2) is 4.88. The molecule has 1 saturated heterocycles. The van der Waals surface area contributed by atoms with Crippen molar-refractivity contribution in [2.24, 2.45) is 23.7 Å². The van der Waals surface area contributed by atoms with Gasteiger partial charge < -0.3 is 4.74 Å². The smallest absolute Gasteiger partial charge is 0.137 e. The molecule has 4 fully saturated rings. The Morgan fingerprint density at radius 1 is 1.32 bits per heavy atom. The van der Waals surface area contributed by atoms with Gasteiger partial charge in [0.05, 0.1) is 7.11 Å². The number of hydrogen-bond acceptors (Lipinski definition) is 3. The molecule has 0 amide bonds. The number of Topliss-reactive ketones (excluding diaryl/α,β-unsaturated/α-hetero) is 1. The van der Waals surface area contributed by atoms with Crippen molar-refractivity contribution < 1.29 is 9.53 Å². The number of carbonyl (C=O) groups is 1. The summed E-state index contributed by atoms with van der Waals surface area (Å²) in [5.41, 5.74) is 3.04. The largest absolute Gasteiger partial charge is 0.497 e. The molecule has 0 N–H and O–H groups in total. The number of ether oxygens (including phenoxy) is 1. The van der Waals surface area contributed by atoms with Crippen LogP contribution < -0.4 is 4.74 Å². The Labute approximate surface area is 149 Å². The number of carbonyl (C=O) groups excluding carboxylic acids is 1. The van der Waals surface area contributed by atoms with Crippen LogP contribution in [0.25, 0.3) is 0 Å². The zero-order chi connectivity index (χ0) is 16.8. The SMILES string of the molecule is COc1ccc2c(c1)[C@]13CCN(CC4CC4)[C@H](C2)C1C1CC1C(=O)C3. The van der Waals surface area contributed by atoms with Crippen LogP contribution >= 0.6 is 0 Å². The highest BCUT2D eigenvalue weighted by atomic mass is 16.5. The average molecular weight is 337 g/mol. The molecule has 1 aromatic carbocycles. The van der Waals surface area contributed by atoms with Gasteiger partial charge in [0.2, 0.25) is 0 Å². The molecule has 1 aliphatic heterocycles. The molecule has 0 aromatic heterocycles. The first-order chi connectivity index (χ1) is 12.2. The van der Waals surface area contributed by atoms with Crippen molar-refractivity contribution in [1.29, 1.82) is 0 Å². The van der Waals surface area contributed by atoms with E-state index in [9.17, 15) is 4.79 Å². The van der Waals surface area contributed by atoms with E-state index < -0.39 is 0 Å². The van der Waals surface area contributed by atoms with Crippen LogP contribution in [0.4, 0.5) is 0 Å². The second-order valence-corrected chi connectivity index (χ2v) is 9.31. The lowest BCUT2D eigenvalue weighted by atomic mass is 9.52. The van der Waals surface area contributed by atoms with Gasteiger partial charge in [-0.1, -0.05) is 6.07 Å². The lowest BCUT2D eigenvalue weighted by Crippen LogP contribution is -2.63. The molecule has 25 heavy (non-hydrogen) atoms. The summed E-state index contributed by atoms with van der Waals surface area (Å²) in [5, 5.41) is 0. The van der Waals surface area contributed by atoms with Crippen molar-refractivity contribution in [2.75, 3.05) is 20.2 Å². The summed E-state index contributed by atoms with van der Waals surface area (Å²) < 4.78 is 5.55. The van der Waals surface area contributed by atoms with Gasteiger partial charge in [-0.05, 0) is 79.7 Å². The van der Waals surface area contributed by atoms with E-state index in [0.717, 1.165) is 24.5 Å². The van der Waals surface area contributed by atoms with Gasteiger partial charge in [-0.3, -0.25) is 9.69 Å². The van der Waals surface area contributed by atoms with Gasteiger partial charge in [0.1, 0.15) is 11.5 Å². The Morgan fingerprint density at radius 2 is 2.20 bits per heavy atom. The van der Waals surface area contributed by atoms with Gasteiger partial charge in [0.25, 0.3) is 0 Å². The zero-order valence-corrected chi connectivity index (χ0v) is 15.0. The van der Waals surface area contributed by atoms with E-state index in [2.05, 4.69) is 23.1 Å². The van der Waals surface area contributed by atoms with Crippen LogP contribution in [0.2, 0.25) is 0 Å². The van der Waals surface area contributed by atoms with Crippen LogP contribution in [-0.4, -0.2) is 36.9 Å². The van der Waals surface area contributed by atoms with Gasteiger partial charge in [0.15, 0.2) is 0 Å². The summed E-state index contributed by atoms with van der Waals surface area (Å²) in [6.07, 6.45) is 7.14. The molecule has 1 heterocycles. The topological polar surface area (TPSA) is 29.5 Å². The van der Waals surface area contributed by atoms with Gasteiger partial charge >= 0.3 is 0 Å². The molecule has 1 aromatic rings. The molecule has 132 valence electrons. The number of ketones is 1. The van der Waals surface area contributed by atoms with E-state index in [1.165, 1.54) is 49.9 Å². The van der Waals surface area contributed by atoms with E-state index in [-0.39, 0.29) is 5.41 Å². The van der Waals surface area contributed by atoms with Crippen molar-refractivity contribution in [3.05, 3.63) is 29.3 Å². The first kappa shape index (κ1) is 14.8. The molecule has 4 aliphatic carbocycles. The second-order valence-electron chi connectivity index (χ2n) is 9.31. The van der Waals surface area contributed by atoms with Crippen LogP contribution in [-0.2, 0) is 16.6 Å². The van der Waals surface area contributed by atoms with E-state index in [1.54, 1.807) is 7.11 Å². The standard InChI is InChI=1S/C22H27NO2/c1-25-15-5-4-14-8-19-21-17-10-16(17)20(24)11-22(21,18(14)9-15)6-7-23(19)12-13-2-3-13/h4-5,9,13,16-17,19,21H,2-3,6-8,10-12H2,1H3/t16?,17?,19-,21?,22-/m1/s1. The fourth-order valence-electron chi connectivity index (χ4n) is 6.67. The summed E-state index contributed by atoms with van der Waals surface area (Å²) in [7, 11) is 1.75. The van der Waals surface area contributed by atoms with Crippen molar-refractivity contribution in [3.63, 3.8) is 0 Å². The predicted octanol–water partition coefficient (Wildman–Crippen LogP) is 3.20. The van der Waals surface area contributed by atoms with Crippen LogP contribution in [0.15, 0.2) is 18.2 Å². The lowest BCUT2D eigenvalue weighted by Gasteiger charge is -2.58. The minimum absolute atomic E-state index is 0.0988. The highest BCUT2D eigenvalue weighted by Crippen LogP contribution is 2.65. The Balaban J connectivity index is 1.48. The number of benzene rings is 1.